The minimum Gasteiger partial charge on any atom is -0.459 e. The molecule has 1 atom stereocenters. The van der Waals surface area contributed by atoms with Crippen LogP contribution < -0.4 is 5.32 Å². The molecule has 5 nitrogen and oxygen atoms in total. The number of alkyl halides is 6. The topological polar surface area (TPSA) is 71.2 Å². The van der Waals surface area contributed by atoms with Crippen LogP contribution in [0, 0.1) is 0 Å². The molecule has 0 bridgehead atoms. The van der Waals surface area contributed by atoms with Crippen molar-refractivity contribution in [2.45, 2.75) is 31.9 Å². The second kappa shape index (κ2) is 10.2. The number of nitrogens with one attached hydrogen (secondary N) is 2. The number of aromatic nitrogens is 1. The molecule has 4 aromatic rings. The van der Waals surface area contributed by atoms with Crippen LogP contribution in [0.1, 0.15) is 34.0 Å². The summed E-state index contributed by atoms with van der Waals surface area (Å²) < 4.78 is 83.1. The van der Waals surface area contributed by atoms with Gasteiger partial charge in [-0.1, -0.05) is 30.3 Å². The normalized spacial score (nSPS) is 12.8. The van der Waals surface area contributed by atoms with Gasteiger partial charge in [0, 0.05) is 28.2 Å². The lowest BCUT2D eigenvalue weighted by Gasteiger charge is -2.16. The molecule has 1 amide bonds. The van der Waals surface area contributed by atoms with Crippen molar-refractivity contribution in [1.29, 1.82) is 0 Å². The van der Waals surface area contributed by atoms with E-state index in [1.807, 2.05) is 30.3 Å². The Balaban J connectivity index is 1.44. The molecule has 0 radical (unpaired) electrons. The van der Waals surface area contributed by atoms with Crippen molar-refractivity contribution in [2.24, 2.45) is 0 Å². The summed E-state index contributed by atoms with van der Waals surface area (Å²) in [6.07, 6.45) is -8.25. The molecule has 1 unspecified atom stereocenters. The molecule has 11 heteroatoms. The molecular weight excluding hydrogens is 514 g/mol. The van der Waals surface area contributed by atoms with E-state index in [1.165, 1.54) is 13.0 Å². The first kappa shape index (κ1) is 26.8. The maximum absolute atomic E-state index is 13.0. The summed E-state index contributed by atoms with van der Waals surface area (Å²) in [6, 6.07) is 13.9. The molecule has 38 heavy (non-hydrogen) atoms. The third kappa shape index (κ3) is 5.99. The smallest absolute Gasteiger partial charge is 0.416 e. The number of esters is 1. The number of aromatic amines is 1. The van der Waals surface area contributed by atoms with E-state index in [4.69, 9.17) is 4.74 Å². The Kier molecular flexibility index (Phi) is 7.21. The molecule has 1 aromatic heterocycles. The van der Waals surface area contributed by atoms with Gasteiger partial charge in [0.1, 0.15) is 12.6 Å². The average Bonchev–Trinajstić information content (AvgIpc) is 3.30. The van der Waals surface area contributed by atoms with Crippen LogP contribution in [0.2, 0.25) is 0 Å². The number of hydrogen-bond acceptors (Lipinski definition) is 3. The first-order chi connectivity index (χ1) is 17.8. The third-order valence-corrected chi connectivity index (χ3v) is 5.75. The van der Waals surface area contributed by atoms with Gasteiger partial charge in [-0.05, 0) is 54.4 Å². The number of H-pyrrole nitrogens is 1. The van der Waals surface area contributed by atoms with Crippen molar-refractivity contribution in [2.75, 3.05) is 0 Å². The number of benzene rings is 3. The van der Waals surface area contributed by atoms with E-state index in [9.17, 15) is 35.9 Å². The van der Waals surface area contributed by atoms with Gasteiger partial charge in [0.25, 0.3) is 5.91 Å². The Morgan fingerprint density at radius 2 is 1.55 bits per heavy atom. The number of fused-ring (bicyclic) bond motifs is 1. The molecule has 4 rings (SSSR count). The van der Waals surface area contributed by atoms with Gasteiger partial charge in [-0.3, -0.25) is 4.79 Å². The molecule has 0 fully saturated rings. The van der Waals surface area contributed by atoms with Crippen molar-refractivity contribution in [3.05, 3.63) is 95.2 Å². The number of para-hydroxylation sites is 1. The van der Waals surface area contributed by atoms with Crippen LogP contribution in [-0.2, 0) is 28.5 Å². The molecule has 198 valence electrons. The zero-order chi connectivity index (χ0) is 27.7. The Morgan fingerprint density at radius 1 is 0.895 bits per heavy atom. The number of amides is 1. The van der Waals surface area contributed by atoms with Crippen molar-refractivity contribution in [3.63, 3.8) is 0 Å². The van der Waals surface area contributed by atoms with Crippen LogP contribution >= 0.6 is 0 Å². The van der Waals surface area contributed by atoms with Crippen molar-refractivity contribution in [1.82, 2.24) is 10.3 Å². The molecule has 0 spiro atoms. The van der Waals surface area contributed by atoms with Gasteiger partial charge in [0.15, 0.2) is 0 Å². The zero-order valence-electron chi connectivity index (χ0n) is 19.7. The van der Waals surface area contributed by atoms with Gasteiger partial charge in [0.2, 0.25) is 0 Å². The number of rotatable bonds is 6. The summed E-state index contributed by atoms with van der Waals surface area (Å²) in [7, 11) is 0. The molecule has 0 saturated carbocycles. The molecule has 1 heterocycles. The molecule has 0 aliphatic heterocycles. The molecule has 0 aliphatic carbocycles. The molecule has 2 N–H and O–H groups in total. The lowest BCUT2D eigenvalue weighted by atomic mass is 10.0. The predicted molar refractivity (Wildman–Crippen MR) is 127 cm³/mol. The average molecular weight is 534 g/mol. The predicted octanol–water partition coefficient (Wildman–Crippen LogP) is 6.73. The van der Waals surface area contributed by atoms with Crippen LogP contribution in [0.25, 0.3) is 22.0 Å². The lowest BCUT2D eigenvalue weighted by Crippen LogP contribution is -2.39. The minimum atomic E-state index is -5.03. The first-order valence-electron chi connectivity index (χ1n) is 11.3. The highest BCUT2D eigenvalue weighted by atomic mass is 19.4. The molecule has 0 aliphatic rings. The quantitative estimate of drug-likeness (QED) is 0.213. The Bertz CT molecular complexity index is 1460. The summed E-state index contributed by atoms with van der Waals surface area (Å²) in [5.74, 6) is -1.65. The van der Waals surface area contributed by atoms with E-state index >= 15 is 0 Å². The van der Waals surface area contributed by atoms with Crippen LogP contribution in [-0.4, -0.2) is 22.9 Å². The maximum atomic E-state index is 13.0. The second-order valence-corrected chi connectivity index (χ2v) is 8.55. The highest BCUT2D eigenvalue weighted by molar-refractivity contribution is 6.00. The largest absolute Gasteiger partial charge is 0.459 e. The van der Waals surface area contributed by atoms with Crippen molar-refractivity contribution < 1.29 is 40.7 Å². The highest BCUT2D eigenvalue weighted by Crippen LogP contribution is 2.36. The first-order valence-corrected chi connectivity index (χ1v) is 11.3. The summed E-state index contributed by atoms with van der Waals surface area (Å²) >= 11 is 0. The van der Waals surface area contributed by atoms with E-state index in [0.29, 0.717) is 12.1 Å². The standard InChI is InChI=1S/C27H20F6N2O3/c1-15(25(37)38-14-16-9-19(26(28,29)30)12-20(10-16)27(31,32)33)35-24(36)18-6-4-5-17(11-18)22-13-34-23-8-3-2-7-21(22)23/h2-13,15,34H,14H2,1H3,(H,35,36). The van der Waals surface area contributed by atoms with Crippen LogP contribution in [0.4, 0.5) is 26.3 Å². The number of ether oxygens (including phenoxy) is 1. The van der Waals surface area contributed by atoms with Gasteiger partial charge in [-0.2, -0.15) is 26.3 Å². The fourth-order valence-electron chi connectivity index (χ4n) is 3.86. The van der Waals surface area contributed by atoms with Gasteiger partial charge in [0.05, 0.1) is 11.1 Å². The third-order valence-electron chi connectivity index (χ3n) is 5.75. The number of halogens is 6. The zero-order valence-corrected chi connectivity index (χ0v) is 19.7. The Hall–Kier alpha value is -4.28. The minimum absolute atomic E-state index is 0.0153. The fraction of sp³-hybridized carbons (Fsp3) is 0.185. The second-order valence-electron chi connectivity index (χ2n) is 8.55. The summed E-state index contributed by atoms with van der Waals surface area (Å²) in [4.78, 5) is 28.3. The molecular formula is C27H20F6N2O3. The summed E-state index contributed by atoms with van der Waals surface area (Å²) in [5, 5.41) is 3.38. The fourth-order valence-corrected chi connectivity index (χ4v) is 3.86. The van der Waals surface area contributed by atoms with E-state index in [1.54, 1.807) is 18.3 Å². The van der Waals surface area contributed by atoms with Crippen LogP contribution in [0.3, 0.4) is 0 Å². The van der Waals surface area contributed by atoms with E-state index in [2.05, 4.69) is 10.3 Å². The summed E-state index contributed by atoms with van der Waals surface area (Å²) in [5.41, 5.74) is -0.774. The highest BCUT2D eigenvalue weighted by Gasteiger charge is 2.37. The number of carbonyl (C=O) groups is 2. The monoisotopic (exact) mass is 534 g/mol. The van der Waals surface area contributed by atoms with Gasteiger partial charge < -0.3 is 15.0 Å². The lowest BCUT2D eigenvalue weighted by molar-refractivity contribution is -0.146. The van der Waals surface area contributed by atoms with Crippen molar-refractivity contribution in [3.8, 4) is 11.1 Å². The van der Waals surface area contributed by atoms with Crippen LogP contribution in [0.15, 0.2) is 72.9 Å². The SMILES string of the molecule is CC(NC(=O)c1cccc(-c2c[nH]c3ccccc23)c1)C(=O)OCc1cc(C(F)(F)F)cc(C(F)(F)F)c1. The molecule has 3 aromatic carbocycles. The van der Waals surface area contributed by atoms with Crippen molar-refractivity contribution >= 4 is 22.8 Å². The van der Waals surface area contributed by atoms with Crippen LogP contribution in [0.5, 0.6) is 0 Å². The van der Waals surface area contributed by atoms with Gasteiger partial charge >= 0.3 is 18.3 Å². The van der Waals surface area contributed by atoms with E-state index in [-0.39, 0.29) is 11.6 Å². The van der Waals surface area contributed by atoms with Gasteiger partial charge in [-0.25, -0.2) is 4.79 Å². The maximum Gasteiger partial charge on any atom is 0.416 e. The molecule has 0 saturated heterocycles. The Morgan fingerprint density at radius 3 is 2.21 bits per heavy atom. The number of hydrogen-bond donors (Lipinski definition) is 2. The number of carbonyl (C=O) groups excluding carboxylic acids is 2. The van der Waals surface area contributed by atoms with Gasteiger partial charge in [-0.15, -0.1) is 0 Å². The summed E-state index contributed by atoms with van der Waals surface area (Å²) in [6.45, 7) is 0.444. The van der Waals surface area contributed by atoms with E-state index < -0.39 is 53.6 Å². The Labute approximate surface area is 212 Å². The van der Waals surface area contributed by atoms with E-state index in [0.717, 1.165) is 22.0 Å².